The molecule has 1 fully saturated rings. The van der Waals surface area contributed by atoms with Crippen LogP contribution in [0.5, 0.6) is 5.75 Å². The maximum atomic E-state index is 11.0. The number of allylic oxidation sites excluding steroid dienone is 3. The zero-order chi connectivity index (χ0) is 22.7. The van der Waals surface area contributed by atoms with Crippen molar-refractivity contribution in [3.8, 4) is 17.2 Å². The van der Waals surface area contributed by atoms with Crippen LogP contribution in [0.25, 0.3) is 17.0 Å². The first-order valence-electron chi connectivity index (χ1n) is 11.1. The zero-order valence-electron chi connectivity index (χ0n) is 18.3. The van der Waals surface area contributed by atoms with E-state index in [9.17, 15) is 4.79 Å². The van der Waals surface area contributed by atoms with Crippen molar-refractivity contribution in [3.63, 3.8) is 0 Å². The number of benzene rings is 1. The number of nitrogens with zero attached hydrogens (tertiary/aromatic N) is 2. The standard InChI is InChI=1S/C24H28ClN3O4/c1-14(2)31-21-9-6-17(13-19(21)25)24-27-23(28-32-24)16-5-7-18-15(12-16)4-3-11-26-20(18)8-10-22(29)30/h5-6,9,12-14,18,20,26H,3-4,7-8,10-11H2,1-2H3,(H,29,30). The number of carboxylic acids is 1. The van der Waals surface area contributed by atoms with Crippen molar-refractivity contribution in [1.29, 1.82) is 0 Å². The smallest absolute Gasteiger partial charge is 0.303 e. The van der Waals surface area contributed by atoms with E-state index < -0.39 is 5.97 Å². The van der Waals surface area contributed by atoms with Gasteiger partial charge in [0.05, 0.1) is 11.1 Å². The average molecular weight is 458 g/mol. The Labute approximate surface area is 192 Å². The predicted octanol–water partition coefficient (Wildman–Crippen LogP) is 5.12. The summed E-state index contributed by atoms with van der Waals surface area (Å²) >= 11 is 6.35. The van der Waals surface area contributed by atoms with E-state index >= 15 is 0 Å². The molecule has 1 aromatic heterocycles. The molecule has 0 bridgehead atoms. The maximum absolute atomic E-state index is 11.0. The van der Waals surface area contributed by atoms with Crippen LogP contribution in [-0.4, -0.2) is 39.9 Å². The van der Waals surface area contributed by atoms with Crippen LogP contribution in [0, 0.1) is 5.92 Å². The third-order valence-electron chi connectivity index (χ3n) is 5.84. The summed E-state index contributed by atoms with van der Waals surface area (Å²) in [6.07, 6.45) is 7.95. The lowest BCUT2D eigenvalue weighted by Crippen LogP contribution is -2.36. The quantitative estimate of drug-likeness (QED) is 0.595. The summed E-state index contributed by atoms with van der Waals surface area (Å²) in [5, 5.41) is 17.3. The fraction of sp³-hybridized carbons (Fsp3) is 0.458. The van der Waals surface area contributed by atoms with Crippen LogP contribution in [0.3, 0.4) is 0 Å². The summed E-state index contributed by atoms with van der Waals surface area (Å²) in [6.45, 7) is 4.80. The molecule has 2 atom stereocenters. The highest BCUT2D eigenvalue weighted by Gasteiger charge is 2.29. The number of fused-ring (bicyclic) bond motifs is 1. The zero-order valence-corrected chi connectivity index (χ0v) is 19.1. The van der Waals surface area contributed by atoms with Crippen molar-refractivity contribution in [2.24, 2.45) is 5.92 Å². The van der Waals surface area contributed by atoms with Gasteiger partial charge in [-0.1, -0.05) is 34.5 Å². The van der Waals surface area contributed by atoms with E-state index in [1.54, 1.807) is 6.07 Å². The fourth-order valence-electron chi connectivity index (χ4n) is 4.35. The van der Waals surface area contributed by atoms with Crippen molar-refractivity contribution in [2.45, 2.75) is 58.1 Å². The third-order valence-corrected chi connectivity index (χ3v) is 6.13. The van der Waals surface area contributed by atoms with Crippen LogP contribution >= 0.6 is 11.6 Å². The molecular formula is C24H28ClN3O4. The van der Waals surface area contributed by atoms with Crippen LogP contribution < -0.4 is 10.1 Å². The van der Waals surface area contributed by atoms with Gasteiger partial charge in [-0.2, -0.15) is 4.98 Å². The number of carboxylic acid groups (broad SMARTS) is 1. The fourth-order valence-corrected chi connectivity index (χ4v) is 4.58. The Balaban J connectivity index is 1.51. The van der Waals surface area contributed by atoms with Crippen molar-refractivity contribution >= 4 is 23.1 Å². The second kappa shape index (κ2) is 9.88. The van der Waals surface area contributed by atoms with E-state index in [1.165, 1.54) is 5.57 Å². The summed E-state index contributed by atoms with van der Waals surface area (Å²) in [7, 11) is 0. The molecule has 2 aliphatic rings. The number of ether oxygens (including phenoxy) is 1. The third kappa shape index (κ3) is 5.22. The van der Waals surface area contributed by atoms with Gasteiger partial charge in [-0.25, -0.2) is 0 Å². The van der Waals surface area contributed by atoms with E-state index in [-0.39, 0.29) is 18.6 Å². The molecule has 8 heteroatoms. The molecule has 0 radical (unpaired) electrons. The van der Waals surface area contributed by atoms with Crippen molar-refractivity contribution in [2.75, 3.05) is 6.54 Å². The molecule has 4 rings (SSSR count). The Morgan fingerprint density at radius 2 is 2.25 bits per heavy atom. The highest BCUT2D eigenvalue weighted by atomic mass is 35.5. The molecule has 0 spiro atoms. The molecule has 0 amide bonds. The normalized spacial score (nSPS) is 20.9. The average Bonchev–Trinajstić information content (AvgIpc) is 3.16. The van der Waals surface area contributed by atoms with E-state index in [2.05, 4.69) is 27.6 Å². The Morgan fingerprint density at radius 1 is 1.41 bits per heavy atom. The van der Waals surface area contributed by atoms with Gasteiger partial charge in [-0.05, 0) is 70.2 Å². The van der Waals surface area contributed by atoms with Gasteiger partial charge in [0.1, 0.15) is 5.75 Å². The molecule has 2 N–H and O–H groups in total. The van der Waals surface area contributed by atoms with Gasteiger partial charge in [-0.15, -0.1) is 0 Å². The molecule has 32 heavy (non-hydrogen) atoms. The van der Waals surface area contributed by atoms with Crippen molar-refractivity contribution in [3.05, 3.63) is 46.8 Å². The molecule has 2 aromatic rings. The summed E-state index contributed by atoms with van der Waals surface area (Å²) in [5.74, 6) is 1.12. The molecule has 1 aromatic carbocycles. The van der Waals surface area contributed by atoms with Crippen LogP contribution in [0.4, 0.5) is 0 Å². The van der Waals surface area contributed by atoms with E-state index in [0.717, 1.165) is 36.9 Å². The van der Waals surface area contributed by atoms with Gasteiger partial charge in [0.25, 0.3) is 5.89 Å². The maximum Gasteiger partial charge on any atom is 0.303 e. The molecular weight excluding hydrogens is 430 g/mol. The van der Waals surface area contributed by atoms with Gasteiger partial charge in [0.2, 0.25) is 5.82 Å². The summed E-state index contributed by atoms with van der Waals surface area (Å²) in [6, 6.07) is 5.61. The van der Waals surface area contributed by atoms with Crippen LogP contribution in [-0.2, 0) is 4.79 Å². The minimum Gasteiger partial charge on any atom is -0.489 e. The monoisotopic (exact) mass is 457 g/mol. The van der Waals surface area contributed by atoms with Gasteiger partial charge in [0.15, 0.2) is 0 Å². The Morgan fingerprint density at radius 3 is 3.00 bits per heavy atom. The van der Waals surface area contributed by atoms with E-state index in [4.69, 9.17) is 26.0 Å². The number of hydrogen-bond donors (Lipinski definition) is 2. The summed E-state index contributed by atoms with van der Waals surface area (Å²) in [5.41, 5.74) is 3.00. The topological polar surface area (TPSA) is 97.5 Å². The Kier molecular flexibility index (Phi) is 6.96. The van der Waals surface area contributed by atoms with Gasteiger partial charge in [0, 0.05) is 23.6 Å². The predicted molar refractivity (Wildman–Crippen MR) is 123 cm³/mol. The number of halogens is 1. The molecule has 1 aliphatic heterocycles. The molecule has 2 unspecified atom stereocenters. The lowest BCUT2D eigenvalue weighted by Gasteiger charge is -2.29. The van der Waals surface area contributed by atoms with Crippen molar-refractivity contribution in [1.82, 2.24) is 15.5 Å². The number of rotatable bonds is 7. The lowest BCUT2D eigenvalue weighted by molar-refractivity contribution is -0.137. The SMILES string of the molecule is CC(C)Oc1ccc(-c2nc(C3=CCC4C(=C3)CCCNC4CCC(=O)O)no2)cc1Cl. The first kappa shape index (κ1) is 22.6. The van der Waals surface area contributed by atoms with Crippen LogP contribution in [0.1, 0.15) is 51.8 Å². The van der Waals surface area contributed by atoms with Crippen LogP contribution in [0.2, 0.25) is 5.02 Å². The second-order valence-corrected chi connectivity index (χ2v) is 8.96. The van der Waals surface area contributed by atoms with Gasteiger partial charge < -0.3 is 19.7 Å². The van der Waals surface area contributed by atoms with Crippen molar-refractivity contribution < 1.29 is 19.2 Å². The number of hydrogen-bond acceptors (Lipinski definition) is 6. The number of aliphatic carboxylic acids is 1. The Hall–Kier alpha value is -2.64. The van der Waals surface area contributed by atoms with Gasteiger partial charge >= 0.3 is 5.97 Å². The molecule has 1 saturated heterocycles. The number of aromatic nitrogens is 2. The van der Waals surface area contributed by atoms with Crippen LogP contribution in [0.15, 0.2) is 40.4 Å². The summed E-state index contributed by atoms with van der Waals surface area (Å²) in [4.78, 5) is 15.6. The highest BCUT2D eigenvalue weighted by molar-refractivity contribution is 6.32. The highest BCUT2D eigenvalue weighted by Crippen LogP contribution is 2.36. The number of carbonyl (C=O) groups is 1. The first-order valence-corrected chi connectivity index (χ1v) is 11.4. The first-order chi connectivity index (χ1) is 15.4. The number of nitrogens with one attached hydrogen (secondary N) is 1. The molecule has 170 valence electrons. The van der Waals surface area contributed by atoms with Gasteiger partial charge in [-0.3, -0.25) is 4.79 Å². The second-order valence-electron chi connectivity index (χ2n) is 8.55. The molecule has 1 aliphatic carbocycles. The van der Waals surface area contributed by atoms with E-state index in [0.29, 0.717) is 34.8 Å². The molecule has 0 saturated carbocycles. The molecule has 7 nitrogen and oxygen atoms in total. The largest absolute Gasteiger partial charge is 0.489 e. The molecule has 2 heterocycles. The summed E-state index contributed by atoms with van der Waals surface area (Å²) < 4.78 is 11.2. The minimum absolute atomic E-state index is 0.0337. The Bertz CT molecular complexity index is 1040. The minimum atomic E-state index is -0.753. The van der Waals surface area contributed by atoms with E-state index in [1.807, 2.05) is 26.0 Å². The lowest BCUT2D eigenvalue weighted by atomic mass is 9.80.